The molecule has 218 valence electrons. The second kappa shape index (κ2) is 12.8. The van der Waals surface area contributed by atoms with E-state index in [4.69, 9.17) is 9.47 Å². The van der Waals surface area contributed by atoms with Crippen molar-refractivity contribution in [3.63, 3.8) is 0 Å². The molecule has 4 aromatic rings. The Balaban J connectivity index is 1.58. The minimum Gasteiger partial charge on any atom is -0.504 e. The van der Waals surface area contributed by atoms with Crippen LogP contribution in [0, 0.1) is 0 Å². The van der Waals surface area contributed by atoms with Crippen LogP contribution >= 0.6 is 0 Å². The molecule has 3 aromatic carbocycles. The van der Waals surface area contributed by atoms with E-state index in [1.807, 2.05) is 18.2 Å². The number of aromatic hydroxyl groups is 1. The fourth-order valence-electron chi connectivity index (χ4n) is 5.04. The SMILES string of the molecule is CCOc1cc(C(C(=O)NCC2CCCO2)N(C(=O)Cn2nnc3ccccc32)c2ccc(C(C)=O)cc2)ccc1O. The van der Waals surface area contributed by atoms with E-state index in [-0.39, 0.29) is 36.5 Å². The predicted molar refractivity (Wildman–Crippen MR) is 155 cm³/mol. The Morgan fingerprint density at radius 3 is 2.64 bits per heavy atom. The molecule has 42 heavy (non-hydrogen) atoms. The highest BCUT2D eigenvalue weighted by Gasteiger charge is 2.34. The monoisotopic (exact) mass is 571 g/mol. The van der Waals surface area contributed by atoms with Crippen LogP contribution in [0.15, 0.2) is 66.7 Å². The lowest BCUT2D eigenvalue weighted by atomic mass is 10.0. The molecule has 0 aliphatic carbocycles. The van der Waals surface area contributed by atoms with Gasteiger partial charge in [0.2, 0.25) is 11.8 Å². The number of ether oxygens (including phenoxy) is 2. The van der Waals surface area contributed by atoms with Crippen molar-refractivity contribution in [2.45, 2.75) is 45.4 Å². The lowest BCUT2D eigenvalue weighted by Gasteiger charge is -2.32. The summed E-state index contributed by atoms with van der Waals surface area (Å²) in [5, 5.41) is 21.7. The van der Waals surface area contributed by atoms with Gasteiger partial charge in [-0.1, -0.05) is 23.4 Å². The second-order valence-corrected chi connectivity index (χ2v) is 10.0. The minimum absolute atomic E-state index is 0.0862. The van der Waals surface area contributed by atoms with Gasteiger partial charge in [0.25, 0.3) is 0 Å². The summed E-state index contributed by atoms with van der Waals surface area (Å²) >= 11 is 0. The highest BCUT2D eigenvalue weighted by Crippen LogP contribution is 2.34. The van der Waals surface area contributed by atoms with Gasteiger partial charge >= 0.3 is 0 Å². The average molecular weight is 572 g/mol. The summed E-state index contributed by atoms with van der Waals surface area (Å²) in [7, 11) is 0. The minimum atomic E-state index is -1.16. The number of carbonyl (C=O) groups excluding carboxylic acids is 3. The number of para-hydroxylation sites is 1. The van der Waals surface area contributed by atoms with E-state index < -0.39 is 17.9 Å². The van der Waals surface area contributed by atoms with Crippen molar-refractivity contribution in [2.75, 3.05) is 24.7 Å². The summed E-state index contributed by atoms with van der Waals surface area (Å²) in [6, 6.07) is 17.2. The van der Waals surface area contributed by atoms with Gasteiger partial charge < -0.3 is 19.9 Å². The number of amides is 2. The van der Waals surface area contributed by atoms with Gasteiger partial charge in [0.05, 0.1) is 18.2 Å². The number of fused-ring (bicyclic) bond motifs is 1. The van der Waals surface area contributed by atoms with Crippen LogP contribution in [-0.2, 0) is 20.9 Å². The van der Waals surface area contributed by atoms with Crippen LogP contribution < -0.4 is 15.0 Å². The first kappa shape index (κ1) is 28.7. The number of Topliss-reactive ketones (excluding diaryl/α,β-unsaturated/α-hetero) is 1. The van der Waals surface area contributed by atoms with Gasteiger partial charge in [-0.2, -0.15) is 0 Å². The summed E-state index contributed by atoms with van der Waals surface area (Å²) in [5.74, 6) is -0.903. The zero-order valence-corrected chi connectivity index (χ0v) is 23.5. The van der Waals surface area contributed by atoms with Crippen molar-refractivity contribution in [1.82, 2.24) is 20.3 Å². The van der Waals surface area contributed by atoms with Gasteiger partial charge in [-0.15, -0.1) is 5.10 Å². The maximum atomic E-state index is 14.2. The van der Waals surface area contributed by atoms with Gasteiger partial charge in [0.15, 0.2) is 17.3 Å². The molecule has 1 fully saturated rings. The number of phenolic OH excluding ortho intramolecular Hbond substituents is 1. The Kier molecular flexibility index (Phi) is 8.77. The lowest BCUT2D eigenvalue weighted by molar-refractivity contribution is -0.127. The highest BCUT2D eigenvalue weighted by atomic mass is 16.5. The van der Waals surface area contributed by atoms with Gasteiger partial charge in [0, 0.05) is 24.4 Å². The summed E-state index contributed by atoms with van der Waals surface area (Å²) in [5.41, 5.74) is 2.59. The summed E-state index contributed by atoms with van der Waals surface area (Å²) in [6.45, 7) is 4.25. The predicted octanol–water partition coefficient (Wildman–Crippen LogP) is 3.81. The van der Waals surface area contributed by atoms with E-state index in [0.29, 0.717) is 41.1 Å². The molecule has 0 bridgehead atoms. The van der Waals surface area contributed by atoms with E-state index >= 15 is 0 Å². The van der Waals surface area contributed by atoms with Crippen molar-refractivity contribution in [2.24, 2.45) is 0 Å². The molecular formula is C31H33N5O6. The van der Waals surface area contributed by atoms with Crippen LogP contribution in [-0.4, -0.2) is 63.6 Å². The van der Waals surface area contributed by atoms with Crippen molar-refractivity contribution in [3.05, 3.63) is 77.9 Å². The largest absolute Gasteiger partial charge is 0.504 e. The molecule has 2 amide bonds. The molecule has 1 saturated heterocycles. The molecule has 11 heteroatoms. The molecule has 0 saturated carbocycles. The normalized spacial score (nSPS) is 15.3. The molecule has 1 aromatic heterocycles. The average Bonchev–Trinajstić information content (AvgIpc) is 3.66. The number of anilines is 1. The molecule has 0 radical (unpaired) electrons. The van der Waals surface area contributed by atoms with Crippen LogP contribution in [0.2, 0.25) is 0 Å². The quantitative estimate of drug-likeness (QED) is 0.260. The van der Waals surface area contributed by atoms with E-state index in [9.17, 15) is 19.5 Å². The van der Waals surface area contributed by atoms with Crippen molar-refractivity contribution in [1.29, 1.82) is 0 Å². The lowest BCUT2D eigenvalue weighted by Crippen LogP contribution is -2.46. The van der Waals surface area contributed by atoms with Crippen molar-refractivity contribution in [3.8, 4) is 11.5 Å². The van der Waals surface area contributed by atoms with E-state index in [0.717, 1.165) is 12.8 Å². The van der Waals surface area contributed by atoms with Crippen molar-refractivity contribution < 1.29 is 29.0 Å². The zero-order chi connectivity index (χ0) is 29.6. The molecular weight excluding hydrogens is 538 g/mol. The number of nitrogens with one attached hydrogen (secondary N) is 1. The summed E-state index contributed by atoms with van der Waals surface area (Å²) in [4.78, 5) is 41.6. The van der Waals surface area contributed by atoms with Gasteiger partial charge in [-0.3, -0.25) is 19.3 Å². The standard InChI is InChI=1S/C31H33N5O6/c1-3-41-28-17-22(12-15-27(28)38)30(31(40)32-18-24-7-6-16-42-24)36(23-13-10-21(11-14-23)20(2)37)29(39)19-35-26-9-5-4-8-25(26)33-34-35/h4-5,8-15,17,24,30,38H,3,6-7,16,18-19H2,1-2H3,(H,32,40). The number of carbonyl (C=O) groups is 3. The zero-order valence-electron chi connectivity index (χ0n) is 23.5. The number of aromatic nitrogens is 3. The third kappa shape index (κ3) is 6.26. The topological polar surface area (TPSA) is 136 Å². The third-order valence-electron chi connectivity index (χ3n) is 7.16. The van der Waals surface area contributed by atoms with Gasteiger partial charge in [-0.05, 0) is 80.8 Å². The van der Waals surface area contributed by atoms with Crippen LogP contribution in [0.5, 0.6) is 11.5 Å². The smallest absolute Gasteiger partial charge is 0.249 e. The van der Waals surface area contributed by atoms with E-state index in [1.54, 1.807) is 49.4 Å². The molecule has 2 atom stereocenters. The second-order valence-electron chi connectivity index (χ2n) is 10.0. The number of hydrogen-bond donors (Lipinski definition) is 2. The van der Waals surface area contributed by atoms with Crippen LogP contribution in [0.4, 0.5) is 5.69 Å². The molecule has 1 aliphatic rings. The number of nitrogens with zero attached hydrogens (tertiary/aromatic N) is 4. The summed E-state index contributed by atoms with van der Waals surface area (Å²) in [6.07, 6.45) is 1.63. The number of benzene rings is 3. The van der Waals surface area contributed by atoms with Gasteiger partial charge in [-0.25, -0.2) is 4.68 Å². The molecule has 11 nitrogen and oxygen atoms in total. The maximum Gasteiger partial charge on any atom is 0.249 e. The maximum absolute atomic E-state index is 14.2. The first-order valence-electron chi connectivity index (χ1n) is 13.9. The number of ketones is 1. The first-order chi connectivity index (χ1) is 20.4. The third-order valence-corrected chi connectivity index (χ3v) is 7.16. The fraction of sp³-hybridized carbons (Fsp3) is 0.323. The molecule has 5 rings (SSSR count). The Hall–Kier alpha value is -4.77. The molecule has 2 N–H and O–H groups in total. The van der Waals surface area contributed by atoms with Crippen LogP contribution in [0.25, 0.3) is 11.0 Å². The Morgan fingerprint density at radius 1 is 1.14 bits per heavy atom. The van der Waals surface area contributed by atoms with Crippen LogP contribution in [0.3, 0.4) is 0 Å². The Morgan fingerprint density at radius 2 is 1.93 bits per heavy atom. The van der Waals surface area contributed by atoms with Crippen molar-refractivity contribution >= 4 is 34.3 Å². The molecule has 1 aliphatic heterocycles. The molecule has 2 unspecified atom stereocenters. The number of rotatable bonds is 11. The summed E-state index contributed by atoms with van der Waals surface area (Å²) < 4.78 is 12.8. The Bertz CT molecular complexity index is 1580. The molecule has 2 heterocycles. The number of phenols is 1. The number of hydrogen-bond acceptors (Lipinski definition) is 8. The first-order valence-corrected chi connectivity index (χ1v) is 13.9. The van der Waals surface area contributed by atoms with Crippen LogP contribution in [0.1, 0.15) is 48.7 Å². The Labute approximate surface area is 243 Å². The van der Waals surface area contributed by atoms with E-state index in [2.05, 4.69) is 15.6 Å². The highest BCUT2D eigenvalue weighted by molar-refractivity contribution is 6.02. The van der Waals surface area contributed by atoms with E-state index in [1.165, 1.54) is 22.6 Å². The fourth-order valence-corrected chi connectivity index (χ4v) is 5.04. The van der Waals surface area contributed by atoms with Gasteiger partial charge in [0.1, 0.15) is 18.1 Å². The molecule has 0 spiro atoms.